The highest BCUT2D eigenvalue weighted by molar-refractivity contribution is 5.94. The Kier molecular flexibility index (Phi) is 3.52. The Morgan fingerprint density at radius 1 is 1.08 bits per heavy atom. The van der Waals surface area contributed by atoms with Crippen molar-refractivity contribution >= 4 is 22.6 Å². The highest BCUT2D eigenvalue weighted by Crippen LogP contribution is 2.24. The molecule has 0 aliphatic carbocycles. The van der Waals surface area contributed by atoms with Gasteiger partial charge in [0.25, 0.3) is 0 Å². The number of fused-ring (bicyclic) bond motifs is 1. The van der Waals surface area contributed by atoms with Gasteiger partial charge in [0.15, 0.2) is 0 Å². The molecule has 0 aliphatic rings. The molecule has 8 heteroatoms. The Balaban J connectivity index is 2.50. The van der Waals surface area contributed by atoms with Gasteiger partial charge in [-0.2, -0.15) is 0 Å². The summed E-state index contributed by atoms with van der Waals surface area (Å²) in [6.45, 7) is 0. The maximum absolute atomic E-state index is 14.1. The number of nitrogen functional groups attached to an aromatic ring is 1. The Labute approximate surface area is 132 Å². The van der Waals surface area contributed by atoms with Crippen LogP contribution in [0.25, 0.3) is 16.6 Å². The van der Waals surface area contributed by atoms with Crippen molar-refractivity contribution < 1.29 is 23.1 Å². The highest BCUT2D eigenvalue weighted by Gasteiger charge is 2.18. The summed E-state index contributed by atoms with van der Waals surface area (Å²) in [6.07, 6.45) is 0.890. The summed E-state index contributed by atoms with van der Waals surface area (Å²) >= 11 is 0. The topological polar surface area (TPSA) is 85.3 Å². The minimum absolute atomic E-state index is 0.00518. The van der Waals surface area contributed by atoms with Gasteiger partial charge in [0, 0.05) is 17.6 Å². The number of aromatic nitrogens is 1. The molecule has 3 aromatic rings. The lowest BCUT2D eigenvalue weighted by molar-refractivity contribution is 0.0695. The van der Waals surface area contributed by atoms with Crippen LogP contribution in [0.1, 0.15) is 10.4 Å². The first-order valence-electron chi connectivity index (χ1n) is 6.62. The highest BCUT2D eigenvalue weighted by atomic mass is 19.1. The summed E-state index contributed by atoms with van der Waals surface area (Å²) in [5, 5.41) is 8.86. The summed E-state index contributed by atoms with van der Waals surface area (Å²) in [5.74, 6) is -4.28. The van der Waals surface area contributed by atoms with Crippen LogP contribution >= 0.6 is 0 Å². The van der Waals surface area contributed by atoms with E-state index in [1.807, 2.05) is 0 Å². The van der Waals surface area contributed by atoms with E-state index in [0.717, 1.165) is 35.0 Å². The number of carbonyl (C=O) groups is 1. The molecule has 1 heterocycles. The molecule has 0 unspecified atom stereocenters. The molecule has 3 N–H and O–H groups in total. The average molecular weight is 334 g/mol. The van der Waals surface area contributed by atoms with Crippen LogP contribution < -0.4 is 11.2 Å². The van der Waals surface area contributed by atoms with E-state index in [-0.39, 0.29) is 22.3 Å². The second-order valence-corrected chi connectivity index (χ2v) is 5.03. The van der Waals surface area contributed by atoms with Crippen LogP contribution in [0.5, 0.6) is 0 Å². The molecular formula is C16H9F3N2O3. The third-order valence-corrected chi connectivity index (χ3v) is 3.52. The molecule has 1 aromatic heterocycles. The van der Waals surface area contributed by atoms with Crippen molar-refractivity contribution in [2.75, 3.05) is 5.73 Å². The molecule has 0 spiro atoms. The quantitative estimate of drug-likeness (QED) is 0.706. The molecule has 3 rings (SSSR count). The zero-order chi connectivity index (χ0) is 17.6. The van der Waals surface area contributed by atoms with E-state index >= 15 is 0 Å². The number of carboxylic acids is 1. The van der Waals surface area contributed by atoms with Crippen LogP contribution in [0.3, 0.4) is 0 Å². The molecule has 0 aliphatic heterocycles. The summed E-state index contributed by atoms with van der Waals surface area (Å²) in [4.78, 5) is 23.5. The Morgan fingerprint density at radius 2 is 1.79 bits per heavy atom. The van der Waals surface area contributed by atoms with E-state index in [1.54, 1.807) is 0 Å². The zero-order valence-corrected chi connectivity index (χ0v) is 11.9. The van der Waals surface area contributed by atoms with Crippen molar-refractivity contribution in [1.82, 2.24) is 4.57 Å². The molecule has 0 radical (unpaired) electrons. The van der Waals surface area contributed by atoms with Gasteiger partial charge in [-0.25, -0.2) is 18.0 Å². The summed E-state index contributed by atoms with van der Waals surface area (Å²) in [7, 11) is 0. The number of nitrogens with two attached hydrogens (primary N) is 1. The molecule has 0 saturated carbocycles. The standard InChI is InChI=1S/C16H9F3N2O3/c17-7-1-2-13(11(19)3-7)21-6-9(16(23)24)15(22)8-4-10(18)12(20)5-14(8)21/h1-6H,20H2,(H,23,24). The number of benzene rings is 2. The SMILES string of the molecule is Nc1cc2c(cc1F)c(=O)c(C(=O)O)cn2-c1ccc(F)cc1F. The van der Waals surface area contributed by atoms with E-state index in [1.165, 1.54) is 0 Å². The molecule has 0 saturated heterocycles. The van der Waals surface area contributed by atoms with E-state index in [0.29, 0.717) is 6.07 Å². The Hall–Kier alpha value is -3.29. The Bertz CT molecular complexity index is 1060. The molecule has 2 aromatic carbocycles. The predicted octanol–water partition coefficient (Wildman–Crippen LogP) is 2.69. The predicted molar refractivity (Wildman–Crippen MR) is 80.8 cm³/mol. The van der Waals surface area contributed by atoms with Crippen molar-refractivity contribution in [2.24, 2.45) is 0 Å². The first-order chi connectivity index (χ1) is 11.3. The van der Waals surface area contributed by atoms with Gasteiger partial charge in [0.2, 0.25) is 5.43 Å². The van der Waals surface area contributed by atoms with Crippen LogP contribution in [-0.2, 0) is 0 Å². The first kappa shape index (κ1) is 15.6. The summed E-state index contributed by atoms with van der Waals surface area (Å²) < 4.78 is 41.9. The number of aromatic carboxylic acids is 1. The van der Waals surface area contributed by atoms with Gasteiger partial charge in [-0.15, -0.1) is 0 Å². The monoisotopic (exact) mass is 334 g/mol. The average Bonchev–Trinajstić information content (AvgIpc) is 2.50. The van der Waals surface area contributed by atoms with Crippen LogP contribution in [0.2, 0.25) is 0 Å². The fourth-order valence-electron chi connectivity index (χ4n) is 2.39. The molecular weight excluding hydrogens is 325 g/mol. The van der Waals surface area contributed by atoms with Crippen LogP contribution in [0.4, 0.5) is 18.9 Å². The third-order valence-electron chi connectivity index (χ3n) is 3.52. The lowest BCUT2D eigenvalue weighted by atomic mass is 10.1. The number of pyridine rings is 1. The minimum Gasteiger partial charge on any atom is -0.477 e. The van der Waals surface area contributed by atoms with E-state index < -0.39 is 34.4 Å². The fraction of sp³-hybridized carbons (Fsp3) is 0. The molecule has 24 heavy (non-hydrogen) atoms. The number of rotatable bonds is 2. The van der Waals surface area contributed by atoms with Gasteiger partial charge < -0.3 is 15.4 Å². The second kappa shape index (κ2) is 5.41. The number of halogens is 3. The maximum atomic E-state index is 14.1. The molecule has 0 amide bonds. The molecule has 122 valence electrons. The van der Waals surface area contributed by atoms with E-state index in [9.17, 15) is 22.8 Å². The lowest BCUT2D eigenvalue weighted by Gasteiger charge is -2.14. The number of hydrogen-bond donors (Lipinski definition) is 2. The summed E-state index contributed by atoms with van der Waals surface area (Å²) in [6, 6.07) is 4.51. The molecule has 0 atom stereocenters. The van der Waals surface area contributed by atoms with Crippen molar-refractivity contribution in [2.45, 2.75) is 0 Å². The summed E-state index contributed by atoms with van der Waals surface area (Å²) in [5.41, 5.74) is 3.34. The molecule has 5 nitrogen and oxygen atoms in total. The largest absolute Gasteiger partial charge is 0.477 e. The molecule has 0 fully saturated rings. The van der Waals surface area contributed by atoms with E-state index in [2.05, 4.69) is 0 Å². The van der Waals surface area contributed by atoms with Crippen molar-refractivity contribution in [3.05, 3.63) is 69.8 Å². The Morgan fingerprint density at radius 3 is 2.42 bits per heavy atom. The maximum Gasteiger partial charge on any atom is 0.341 e. The smallest absolute Gasteiger partial charge is 0.341 e. The van der Waals surface area contributed by atoms with Gasteiger partial charge in [-0.1, -0.05) is 0 Å². The minimum atomic E-state index is -1.56. The van der Waals surface area contributed by atoms with Gasteiger partial charge in [-0.05, 0) is 24.3 Å². The number of hydrogen-bond acceptors (Lipinski definition) is 3. The van der Waals surface area contributed by atoms with E-state index in [4.69, 9.17) is 10.8 Å². The zero-order valence-electron chi connectivity index (χ0n) is 11.9. The number of carboxylic acid groups (broad SMARTS) is 1. The lowest BCUT2D eigenvalue weighted by Crippen LogP contribution is -2.19. The fourth-order valence-corrected chi connectivity index (χ4v) is 2.39. The van der Waals surface area contributed by atoms with Crippen molar-refractivity contribution in [3.8, 4) is 5.69 Å². The molecule has 0 bridgehead atoms. The van der Waals surface area contributed by atoms with Gasteiger partial charge in [0.05, 0.1) is 16.9 Å². The third kappa shape index (κ3) is 2.37. The van der Waals surface area contributed by atoms with Crippen molar-refractivity contribution in [3.63, 3.8) is 0 Å². The van der Waals surface area contributed by atoms with Crippen LogP contribution in [0.15, 0.2) is 41.3 Å². The number of nitrogens with zero attached hydrogens (tertiary/aromatic N) is 1. The van der Waals surface area contributed by atoms with Gasteiger partial charge >= 0.3 is 5.97 Å². The normalized spacial score (nSPS) is 11.0. The second-order valence-electron chi connectivity index (χ2n) is 5.03. The van der Waals surface area contributed by atoms with Crippen LogP contribution in [0, 0.1) is 17.5 Å². The van der Waals surface area contributed by atoms with Crippen LogP contribution in [-0.4, -0.2) is 15.6 Å². The van der Waals surface area contributed by atoms with Crippen molar-refractivity contribution in [1.29, 1.82) is 0 Å². The number of anilines is 1. The first-order valence-corrected chi connectivity index (χ1v) is 6.62. The van der Waals surface area contributed by atoms with Gasteiger partial charge in [-0.3, -0.25) is 4.79 Å². The van der Waals surface area contributed by atoms with Gasteiger partial charge in [0.1, 0.15) is 23.0 Å².